The minimum Gasteiger partial charge on any atom is -0.383 e. The van der Waals surface area contributed by atoms with Gasteiger partial charge in [0, 0.05) is 18.0 Å². The molecule has 0 saturated carbocycles. The second-order valence-corrected chi connectivity index (χ2v) is 4.84. The summed E-state index contributed by atoms with van der Waals surface area (Å²) >= 11 is 0. The van der Waals surface area contributed by atoms with Crippen molar-refractivity contribution in [2.45, 2.75) is 6.54 Å². The van der Waals surface area contributed by atoms with Crippen LogP contribution in [0.5, 0.6) is 0 Å². The first-order valence-electron chi connectivity index (χ1n) is 6.26. The first kappa shape index (κ1) is 12.4. The number of nitrogens with two attached hydrogens (primary N) is 1. The van der Waals surface area contributed by atoms with Crippen LogP contribution in [0.2, 0.25) is 0 Å². The van der Waals surface area contributed by atoms with Crippen molar-refractivity contribution in [1.29, 1.82) is 0 Å². The van der Waals surface area contributed by atoms with E-state index in [1.807, 2.05) is 30.3 Å². The van der Waals surface area contributed by atoms with Gasteiger partial charge in [0.25, 0.3) is 5.91 Å². The molecule has 1 saturated heterocycles. The van der Waals surface area contributed by atoms with Gasteiger partial charge in [0.05, 0.1) is 12.1 Å². The number of urea groups is 1. The minimum absolute atomic E-state index is 0.111. The summed E-state index contributed by atoms with van der Waals surface area (Å²) in [5, 5.41) is 0.934. The number of pyridine rings is 1. The zero-order chi connectivity index (χ0) is 14.3. The summed E-state index contributed by atoms with van der Waals surface area (Å²) in [6.45, 7) is 0.269. The Morgan fingerprint density at radius 3 is 2.75 bits per heavy atom. The Labute approximate surface area is 115 Å². The van der Waals surface area contributed by atoms with Gasteiger partial charge in [0.15, 0.2) is 0 Å². The van der Waals surface area contributed by atoms with Crippen molar-refractivity contribution in [2.75, 3.05) is 19.3 Å². The second kappa shape index (κ2) is 4.48. The van der Waals surface area contributed by atoms with Crippen molar-refractivity contribution in [3.8, 4) is 0 Å². The third kappa shape index (κ3) is 1.95. The number of hydrogen-bond acceptors (Lipinski definition) is 4. The maximum absolute atomic E-state index is 11.9. The van der Waals surface area contributed by atoms with Gasteiger partial charge in [-0.3, -0.25) is 9.69 Å². The molecule has 0 spiro atoms. The molecule has 6 heteroatoms. The van der Waals surface area contributed by atoms with Gasteiger partial charge in [-0.25, -0.2) is 9.78 Å². The standard InChI is InChI=1S/C14H14N4O2/c1-17-8-12(19)18(14(17)20)7-10-6-9-4-2-3-5-11(9)16-13(10)15/h2-6H,7-8H2,1H3,(H2,15,16). The molecule has 1 aliphatic heterocycles. The summed E-state index contributed by atoms with van der Waals surface area (Å²) in [5.41, 5.74) is 7.39. The Bertz CT molecular complexity index is 713. The lowest BCUT2D eigenvalue weighted by atomic mass is 10.1. The highest BCUT2D eigenvalue weighted by molar-refractivity contribution is 6.01. The highest BCUT2D eigenvalue weighted by Crippen LogP contribution is 2.21. The highest BCUT2D eigenvalue weighted by atomic mass is 16.2. The van der Waals surface area contributed by atoms with Crippen molar-refractivity contribution in [3.05, 3.63) is 35.9 Å². The molecular formula is C14H14N4O2. The first-order chi connectivity index (χ1) is 9.56. The Balaban J connectivity index is 1.97. The third-order valence-corrected chi connectivity index (χ3v) is 3.40. The summed E-state index contributed by atoms with van der Waals surface area (Å²) in [4.78, 5) is 30.5. The van der Waals surface area contributed by atoms with Gasteiger partial charge in [0.1, 0.15) is 12.4 Å². The lowest BCUT2D eigenvalue weighted by molar-refractivity contribution is -0.125. The molecule has 0 unspecified atom stereocenters. The Morgan fingerprint density at radius 1 is 1.30 bits per heavy atom. The minimum atomic E-state index is -0.303. The maximum atomic E-state index is 11.9. The number of carbonyl (C=O) groups excluding carboxylic acids is 2. The van der Waals surface area contributed by atoms with Gasteiger partial charge in [-0.05, 0) is 12.1 Å². The van der Waals surface area contributed by atoms with Crippen molar-refractivity contribution >= 4 is 28.7 Å². The summed E-state index contributed by atoms with van der Waals surface area (Å²) in [7, 11) is 1.60. The molecule has 0 radical (unpaired) electrons. The van der Waals surface area contributed by atoms with Crippen molar-refractivity contribution < 1.29 is 9.59 Å². The molecule has 1 aliphatic rings. The van der Waals surface area contributed by atoms with E-state index in [9.17, 15) is 9.59 Å². The average Bonchev–Trinajstić information content (AvgIpc) is 2.66. The first-order valence-corrected chi connectivity index (χ1v) is 6.26. The normalized spacial score (nSPS) is 15.4. The number of nitrogen functional groups attached to an aromatic ring is 1. The molecule has 102 valence electrons. The zero-order valence-electron chi connectivity index (χ0n) is 11.0. The van der Waals surface area contributed by atoms with Crippen molar-refractivity contribution in [3.63, 3.8) is 0 Å². The summed E-state index contributed by atoms with van der Waals surface area (Å²) in [6.07, 6.45) is 0. The topological polar surface area (TPSA) is 79.5 Å². The second-order valence-electron chi connectivity index (χ2n) is 4.84. The van der Waals surface area contributed by atoms with E-state index in [4.69, 9.17) is 5.73 Å². The summed E-state index contributed by atoms with van der Waals surface area (Å²) < 4.78 is 0. The van der Waals surface area contributed by atoms with Crippen LogP contribution >= 0.6 is 0 Å². The fourth-order valence-electron chi connectivity index (χ4n) is 2.30. The van der Waals surface area contributed by atoms with E-state index >= 15 is 0 Å². The number of aromatic nitrogens is 1. The number of imide groups is 1. The molecular weight excluding hydrogens is 256 g/mol. The van der Waals surface area contributed by atoms with E-state index in [-0.39, 0.29) is 25.0 Å². The fraction of sp³-hybridized carbons (Fsp3) is 0.214. The molecule has 0 aliphatic carbocycles. The van der Waals surface area contributed by atoms with Crippen LogP contribution in [0.4, 0.5) is 10.6 Å². The van der Waals surface area contributed by atoms with Crippen LogP contribution < -0.4 is 5.73 Å². The maximum Gasteiger partial charge on any atom is 0.327 e. The number of para-hydroxylation sites is 1. The van der Waals surface area contributed by atoms with E-state index in [2.05, 4.69) is 4.98 Å². The number of hydrogen-bond donors (Lipinski definition) is 1. The average molecular weight is 270 g/mol. The van der Waals surface area contributed by atoms with Gasteiger partial charge >= 0.3 is 6.03 Å². The highest BCUT2D eigenvalue weighted by Gasteiger charge is 2.33. The molecule has 2 N–H and O–H groups in total. The zero-order valence-corrected chi connectivity index (χ0v) is 11.0. The van der Waals surface area contributed by atoms with Gasteiger partial charge in [-0.2, -0.15) is 0 Å². The summed E-state index contributed by atoms with van der Waals surface area (Å²) in [5.74, 6) is 0.129. The molecule has 3 rings (SSSR count). The number of anilines is 1. The number of nitrogens with zero attached hydrogens (tertiary/aromatic N) is 3. The number of likely N-dealkylation sites (N-methyl/N-ethyl adjacent to an activating group) is 1. The van der Waals surface area contributed by atoms with E-state index in [0.29, 0.717) is 11.4 Å². The van der Waals surface area contributed by atoms with Crippen LogP contribution in [0, 0.1) is 0 Å². The van der Waals surface area contributed by atoms with Crippen LogP contribution in [0.3, 0.4) is 0 Å². The predicted molar refractivity (Wildman–Crippen MR) is 74.7 cm³/mol. The molecule has 1 fully saturated rings. The molecule has 1 aromatic carbocycles. The molecule has 1 aromatic heterocycles. The fourth-order valence-corrected chi connectivity index (χ4v) is 2.30. The quantitative estimate of drug-likeness (QED) is 0.832. The smallest absolute Gasteiger partial charge is 0.327 e. The Hall–Kier alpha value is -2.63. The molecule has 20 heavy (non-hydrogen) atoms. The number of benzene rings is 1. The van der Waals surface area contributed by atoms with E-state index in [1.54, 1.807) is 7.05 Å². The van der Waals surface area contributed by atoms with Crippen LogP contribution in [-0.4, -0.2) is 40.3 Å². The lowest BCUT2D eigenvalue weighted by Crippen LogP contribution is -2.31. The van der Waals surface area contributed by atoms with E-state index < -0.39 is 0 Å². The van der Waals surface area contributed by atoms with Gasteiger partial charge in [-0.1, -0.05) is 18.2 Å². The van der Waals surface area contributed by atoms with Crippen molar-refractivity contribution in [2.24, 2.45) is 0 Å². The Kier molecular flexibility index (Phi) is 2.78. The van der Waals surface area contributed by atoms with Gasteiger partial charge in [0.2, 0.25) is 0 Å². The van der Waals surface area contributed by atoms with E-state index in [1.165, 1.54) is 9.80 Å². The monoisotopic (exact) mass is 270 g/mol. The molecule has 0 bridgehead atoms. The van der Waals surface area contributed by atoms with Crippen LogP contribution in [0.25, 0.3) is 10.9 Å². The molecule has 3 amide bonds. The lowest BCUT2D eigenvalue weighted by Gasteiger charge is -2.15. The molecule has 6 nitrogen and oxygen atoms in total. The van der Waals surface area contributed by atoms with E-state index in [0.717, 1.165) is 10.9 Å². The summed E-state index contributed by atoms with van der Waals surface area (Å²) in [6, 6.07) is 9.15. The SMILES string of the molecule is CN1CC(=O)N(Cc2cc3ccccc3nc2N)C1=O. The largest absolute Gasteiger partial charge is 0.383 e. The molecule has 0 atom stereocenters. The van der Waals surface area contributed by atoms with Gasteiger partial charge < -0.3 is 10.6 Å². The van der Waals surface area contributed by atoms with Crippen LogP contribution in [-0.2, 0) is 11.3 Å². The number of fused-ring (bicyclic) bond motifs is 1. The Morgan fingerprint density at radius 2 is 2.05 bits per heavy atom. The predicted octanol–water partition coefficient (Wildman–Crippen LogP) is 1.21. The number of amides is 3. The van der Waals surface area contributed by atoms with Crippen molar-refractivity contribution in [1.82, 2.24) is 14.8 Å². The molecule has 2 aromatic rings. The molecule has 2 heterocycles. The van der Waals surface area contributed by atoms with Crippen LogP contribution in [0.15, 0.2) is 30.3 Å². The van der Waals surface area contributed by atoms with Crippen LogP contribution in [0.1, 0.15) is 5.56 Å². The number of rotatable bonds is 2. The number of carbonyl (C=O) groups is 2. The third-order valence-electron chi connectivity index (χ3n) is 3.40. The van der Waals surface area contributed by atoms with Gasteiger partial charge in [-0.15, -0.1) is 0 Å².